The largest absolute Gasteiger partial charge is 0.0619 e. The lowest BCUT2D eigenvalue weighted by atomic mass is 9.82. The zero-order valence-corrected chi connectivity index (χ0v) is 15.3. The van der Waals surface area contributed by atoms with Crippen LogP contribution < -0.4 is 0 Å². The van der Waals surface area contributed by atoms with Crippen LogP contribution in [0.4, 0.5) is 0 Å². The van der Waals surface area contributed by atoms with Crippen molar-refractivity contribution in [2.75, 3.05) is 0 Å². The second-order valence-electron chi connectivity index (χ2n) is 7.87. The van der Waals surface area contributed by atoms with Crippen molar-refractivity contribution in [3.8, 4) is 11.1 Å². The van der Waals surface area contributed by atoms with E-state index in [1.807, 2.05) is 0 Å². The third-order valence-electron chi connectivity index (χ3n) is 5.92. The van der Waals surface area contributed by atoms with Crippen LogP contribution in [0.2, 0.25) is 0 Å². The van der Waals surface area contributed by atoms with Crippen LogP contribution in [0.3, 0.4) is 0 Å². The maximum Gasteiger partial charge on any atom is 0.0158 e. The minimum atomic E-state index is 0.0872. The van der Waals surface area contributed by atoms with Crippen molar-refractivity contribution in [2.24, 2.45) is 0 Å². The van der Waals surface area contributed by atoms with Gasteiger partial charge < -0.3 is 0 Å². The summed E-state index contributed by atoms with van der Waals surface area (Å²) in [4.78, 5) is 0. The number of rotatable bonds is 2. The fourth-order valence-electron chi connectivity index (χ4n) is 4.54. The summed E-state index contributed by atoms with van der Waals surface area (Å²) in [7, 11) is 0. The maximum atomic E-state index is 2.41. The molecule has 0 unspecified atom stereocenters. The molecule has 0 aliphatic heterocycles. The predicted octanol–water partition coefficient (Wildman–Crippen LogP) is 6.74. The van der Waals surface area contributed by atoms with Crippen LogP contribution in [0.25, 0.3) is 21.9 Å². The number of fused-ring (bicyclic) bond motifs is 4. The third kappa shape index (κ3) is 2.22. The van der Waals surface area contributed by atoms with Gasteiger partial charge in [0.2, 0.25) is 0 Å². The van der Waals surface area contributed by atoms with E-state index >= 15 is 0 Å². The Morgan fingerprint density at radius 1 is 0.654 bits per heavy atom. The second-order valence-corrected chi connectivity index (χ2v) is 7.87. The van der Waals surface area contributed by atoms with E-state index in [1.165, 1.54) is 44.2 Å². The van der Waals surface area contributed by atoms with E-state index in [4.69, 9.17) is 0 Å². The van der Waals surface area contributed by atoms with E-state index in [2.05, 4.69) is 98.8 Å². The van der Waals surface area contributed by atoms with Crippen LogP contribution in [-0.4, -0.2) is 0 Å². The molecule has 0 radical (unpaired) electrons. The molecular formula is C26H22. The van der Waals surface area contributed by atoms with E-state index < -0.39 is 0 Å². The van der Waals surface area contributed by atoms with E-state index in [1.54, 1.807) is 0 Å². The number of benzene rings is 4. The SMILES string of the molecule is CC1(C)c2ccccc2-c2cc(Cc3cccc4ccccc34)ccc21. The summed E-state index contributed by atoms with van der Waals surface area (Å²) in [5.41, 5.74) is 8.55. The summed E-state index contributed by atoms with van der Waals surface area (Å²) >= 11 is 0. The van der Waals surface area contributed by atoms with Crippen molar-refractivity contribution < 1.29 is 0 Å². The Morgan fingerprint density at radius 3 is 2.31 bits per heavy atom. The molecule has 26 heavy (non-hydrogen) atoms. The molecule has 4 aromatic rings. The van der Waals surface area contributed by atoms with Gasteiger partial charge in [0.15, 0.2) is 0 Å². The van der Waals surface area contributed by atoms with Crippen molar-refractivity contribution in [3.63, 3.8) is 0 Å². The van der Waals surface area contributed by atoms with Crippen LogP contribution in [0, 0.1) is 0 Å². The molecule has 5 rings (SSSR count). The third-order valence-corrected chi connectivity index (χ3v) is 5.92. The van der Waals surface area contributed by atoms with Gasteiger partial charge >= 0.3 is 0 Å². The monoisotopic (exact) mass is 334 g/mol. The lowest BCUT2D eigenvalue weighted by Crippen LogP contribution is -2.14. The van der Waals surface area contributed by atoms with Crippen LogP contribution >= 0.6 is 0 Å². The average molecular weight is 334 g/mol. The zero-order chi connectivity index (χ0) is 17.7. The molecule has 0 atom stereocenters. The van der Waals surface area contributed by atoms with Gasteiger partial charge in [-0.1, -0.05) is 98.8 Å². The van der Waals surface area contributed by atoms with Crippen LogP contribution in [-0.2, 0) is 11.8 Å². The van der Waals surface area contributed by atoms with Crippen molar-refractivity contribution in [3.05, 3.63) is 107 Å². The Balaban J connectivity index is 1.62. The highest BCUT2D eigenvalue weighted by Crippen LogP contribution is 2.48. The van der Waals surface area contributed by atoms with Gasteiger partial charge in [0.1, 0.15) is 0 Å². The van der Waals surface area contributed by atoms with Crippen LogP contribution in [0.1, 0.15) is 36.1 Å². The highest BCUT2D eigenvalue weighted by Gasteiger charge is 2.34. The summed E-state index contributed by atoms with van der Waals surface area (Å²) < 4.78 is 0. The molecule has 0 spiro atoms. The van der Waals surface area contributed by atoms with Gasteiger partial charge in [-0.15, -0.1) is 0 Å². The molecule has 0 saturated heterocycles. The molecule has 126 valence electrons. The Kier molecular flexibility index (Phi) is 3.30. The lowest BCUT2D eigenvalue weighted by molar-refractivity contribution is 0.660. The van der Waals surface area contributed by atoms with Gasteiger partial charge in [-0.05, 0) is 50.6 Å². The van der Waals surface area contributed by atoms with Gasteiger partial charge in [-0.2, -0.15) is 0 Å². The summed E-state index contributed by atoms with van der Waals surface area (Å²) in [6, 6.07) is 31.2. The summed E-state index contributed by atoms with van der Waals surface area (Å²) in [6.45, 7) is 4.67. The molecule has 0 bridgehead atoms. The quantitative estimate of drug-likeness (QED) is 0.381. The van der Waals surface area contributed by atoms with E-state index in [9.17, 15) is 0 Å². The second kappa shape index (κ2) is 5.57. The van der Waals surface area contributed by atoms with Crippen molar-refractivity contribution >= 4 is 10.8 Å². The minimum Gasteiger partial charge on any atom is -0.0619 e. The Hall–Kier alpha value is -2.86. The molecule has 1 aliphatic carbocycles. The highest BCUT2D eigenvalue weighted by atomic mass is 14.4. The lowest BCUT2D eigenvalue weighted by Gasteiger charge is -2.21. The molecule has 0 heteroatoms. The Bertz CT molecular complexity index is 1130. The molecule has 0 nitrogen and oxygen atoms in total. The first-order valence-electron chi connectivity index (χ1n) is 9.34. The first-order valence-corrected chi connectivity index (χ1v) is 9.34. The molecule has 0 aromatic heterocycles. The molecule has 0 heterocycles. The van der Waals surface area contributed by atoms with Gasteiger partial charge in [-0.25, -0.2) is 0 Å². The van der Waals surface area contributed by atoms with E-state index in [0.29, 0.717) is 0 Å². The first-order chi connectivity index (χ1) is 12.6. The van der Waals surface area contributed by atoms with Gasteiger partial charge in [-0.3, -0.25) is 0 Å². The molecule has 4 aromatic carbocycles. The molecule has 0 saturated carbocycles. The topological polar surface area (TPSA) is 0 Å². The number of hydrogen-bond donors (Lipinski definition) is 0. The van der Waals surface area contributed by atoms with Crippen molar-refractivity contribution in [2.45, 2.75) is 25.7 Å². The standard InChI is InChI=1S/C26H22/c1-26(2)24-13-6-5-12-22(24)23-17-18(14-15-25(23)26)16-20-10-7-9-19-8-3-4-11-21(19)20/h3-15,17H,16H2,1-2H3. The fourth-order valence-corrected chi connectivity index (χ4v) is 4.54. The molecular weight excluding hydrogens is 312 g/mol. The van der Waals surface area contributed by atoms with Crippen molar-refractivity contribution in [1.29, 1.82) is 0 Å². The molecule has 0 fully saturated rings. The minimum absolute atomic E-state index is 0.0872. The van der Waals surface area contributed by atoms with Crippen LogP contribution in [0.15, 0.2) is 84.9 Å². The first kappa shape index (κ1) is 15.4. The molecule has 0 amide bonds. The summed E-state index contributed by atoms with van der Waals surface area (Å²) in [5.74, 6) is 0. The Labute approximate surface area is 155 Å². The summed E-state index contributed by atoms with van der Waals surface area (Å²) in [5, 5.41) is 2.67. The molecule has 1 aliphatic rings. The highest BCUT2D eigenvalue weighted by molar-refractivity contribution is 5.86. The average Bonchev–Trinajstić information content (AvgIpc) is 2.90. The van der Waals surface area contributed by atoms with Gasteiger partial charge in [0.25, 0.3) is 0 Å². The normalized spacial score (nSPS) is 14.2. The summed E-state index contributed by atoms with van der Waals surface area (Å²) in [6.07, 6.45) is 0.969. The van der Waals surface area contributed by atoms with Crippen LogP contribution in [0.5, 0.6) is 0 Å². The van der Waals surface area contributed by atoms with Gasteiger partial charge in [0, 0.05) is 5.41 Å². The van der Waals surface area contributed by atoms with Crippen molar-refractivity contribution in [1.82, 2.24) is 0 Å². The fraction of sp³-hybridized carbons (Fsp3) is 0.154. The molecule has 0 N–H and O–H groups in total. The maximum absolute atomic E-state index is 2.41. The number of hydrogen-bond acceptors (Lipinski definition) is 0. The van der Waals surface area contributed by atoms with E-state index in [-0.39, 0.29) is 5.41 Å². The van der Waals surface area contributed by atoms with Gasteiger partial charge in [0.05, 0.1) is 0 Å². The smallest absolute Gasteiger partial charge is 0.0158 e. The van der Waals surface area contributed by atoms with E-state index in [0.717, 1.165) is 6.42 Å². The Morgan fingerprint density at radius 2 is 1.38 bits per heavy atom. The predicted molar refractivity (Wildman–Crippen MR) is 111 cm³/mol. The zero-order valence-electron chi connectivity index (χ0n) is 15.3.